The molecule has 19 heavy (non-hydrogen) atoms. The number of nitrogens with zero attached hydrogens (tertiary/aromatic N) is 1. The lowest BCUT2D eigenvalue weighted by atomic mass is 10.1. The van der Waals surface area contributed by atoms with Crippen molar-refractivity contribution in [3.05, 3.63) is 46.2 Å². The Balaban J connectivity index is 2.20. The van der Waals surface area contributed by atoms with E-state index in [1.54, 1.807) is 12.3 Å². The summed E-state index contributed by atoms with van der Waals surface area (Å²) in [5.74, 6) is -0.153. The van der Waals surface area contributed by atoms with Crippen LogP contribution in [0.1, 0.15) is 16.1 Å². The van der Waals surface area contributed by atoms with E-state index in [2.05, 4.69) is 26.2 Å². The molecule has 1 aromatic carbocycles. The van der Waals surface area contributed by atoms with Crippen LogP contribution in [0, 0.1) is 6.92 Å². The molecular formula is C14H16BrN3O. The number of carbonyl (C=O) groups is 1. The van der Waals surface area contributed by atoms with Gasteiger partial charge in [0.25, 0.3) is 5.91 Å². The van der Waals surface area contributed by atoms with Crippen molar-refractivity contribution in [2.45, 2.75) is 6.92 Å². The van der Waals surface area contributed by atoms with Crippen LogP contribution >= 0.6 is 15.9 Å². The highest BCUT2D eigenvalue weighted by Gasteiger charge is 2.09. The minimum Gasteiger partial charge on any atom is -0.377 e. The van der Waals surface area contributed by atoms with Gasteiger partial charge in [0.1, 0.15) is 5.69 Å². The third-order valence-electron chi connectivity index (χ3n) is 2.84. The third-order valence-corrected chi connectivity index (χ3v) is 3.30. The Morgan fingerprint density at radius 2 is 2.05 bits per heavy atom. The Hall–Kier alpha value is -1.75. The molecule has 1 heterocycles. The number of amides is 1. The molecule has 0 radical (unpaired) electrons. The minimum absolute atomic E-state index is 0.153. The molecule has 5 heteroatoms. The molecule has 2 rings (SSSR count). The van der Waals surface area contributed by atoms with E-state index in [0.29, 0.717) is 5.69 Å². The zero-order valence-corrected chi connectivity index (χ0v) is 12.7. The van der Waals surface area contributed by atoms with Crippen molar-refractivity contribution < 1.29 is 4.79 Å². The first-order valence-electron chi connectivity index (χ1n) is 5.90. The van der Waals surface area contributed by atoms with E-state index in [4.69, 9.17) is 0 Å². The number of hydrogen-bond donors (Lipinski definition) is 2. The molecule has 2 aromatic rings. The lowest BCUT2D eigenvalue weighted by Crippen LogP contribution is -2.14. The van der Waals surface area contributed by atoms with Gasteiger partial charge in [-0.1, -0.05) is 6.07 Å². The van der Waals surface area contributed by atoms with Crippen molar-refractivity contribution in [1.82, 2.24) is 4.98 Å². The molecule has 0 bridgehead atoms. The van der Waals surface area contributed by atoms with Crippen LogP contribution in [0.2, 0.25) is 0 Å². The maximum Gasteiger partial charge on any atom is 0.272 e. The number of aryl methyl sites for hydroxylation is 1. The van der Waals surface area contributed by atoms with Crippen molar-refractivity contribution in [2.24, 2.45) is 0 Å². The first kappa shape index (κ1) is 13.7. The van der Waals surface area contributed by atoms with E-state index in [1.165, 1.54) is 5.56 Å². The normalized spacial score (nSPS) is 10.3. The average Bonchev–Trinajstić information content (AvgIpc) is 2.78. The number of benzene rings is 1. The van der Waals surface area contributed by atoms with Gasteiger partial charge < -0.3 is 15.2 Å². The van der Waals surface area contributed by atoms with Crippen molar-refractivity contribution in [3.8, 4) is 0 Å². The van der Waals surface area contributed by atoms with Gasteiger partial charge in [0.2, 0.25) is 0 Å². The van der Waals surface area contributed by atoms with E-state index in [9.17, 15) is 4.79 Å². The summed E-state index contributed by atoms with van der Waals surface area (Å²) in [4.78, 5) is 16.9. The fraction of sp³-hybridized carbons (Fsp3) is 0.214. The SMILES string of the molecule is Cc1ccc(NC(=O)c2cc(Br)c[nH]2)cc1N(C)C. The summed E-state index contributed by atoms with van der Waals surface area (Å²) in [6.07, 6.45) is 1.73. The molecule has 0 unspecified atom stereocenters. The summed E-state index contributed by atoms with van der Waals surface area (Å²) < 4.78 is 0.857. The molecule has 2 N–H and O–H groups in total. The number of rotatable bonds is 3. The van der Waals surface area contributed by atoms with Crippen LogP contribution in [0.3, 0.4) is 0 Å². The maximum absolute atomic E-state index is 12.0. The summed E-state index contributed by atoms with van der Waals surface area (Å²) in [6.45, 7) is 2.04. The molecule has 1 aromatic heterocycles. The molecule has 0 aliphatic rings. The highest BCUT2D eigenvalue weighted by molar-refractivity contribution is 9.10. The number of halogens is 1. The largest absolute Gasteiger partial charge is 0.377 e. The summed E-state index contributed by atoms with van der Waals surface area (Å²) in [5, 5.41) is 2.88. The smallest absolute Gasteiger partial charge is 0.272 e. The van der Waals surface area contributed by atoms with Crippen LogP contribution in [0.15, 0.2) is 34.9 Å². The molecule has 0 fully saturated rings. The molecule has 0 atom stereocenters. The molecule has 0 saturated heterocycles. The minimum atomic E-state index is -0.153. The predicted molar refractivity (Wildman–Crippen MR) is 82.0 cm³/mol. The number of aromatic nitrogens is 1. The van der Waals surface area contributed by atoms with Gasteiger partial charge in [-0.05, 0) is 46.6 Å². The van der Waals surface area contributed by atoms with Crippen molar-refractivity contribution >= 4 is 33.2 Å². The third kappa shape index (κ3) is 3.17. The first-order valence-corrected chi connectivity index (χ1v) is 6.70. The molecule has 0 aliphatic carbocycles. The van der Waals surface area contributed by atoms with Crippen LogP contribution in [0.4, 0.5) is 11.4 Å². The Labute approximate surface area is 120 Å². The number of aromatic amines is 1. The molecule has 0 spiro atoms. The summed E-state index contributed by atoms with van der Waals surface area (Å²) in [5.41, 5.74) is 3.57. The standard InChI is InChI=1S/C14H16BrN3O/c1-9-4-5-11(7-13(9)18(2)3)17-14(19)12-6-10(15)8-16-12/h4-8,16H,1-3H3,(H,17,19). The number of hydrogen-bond acceptors (Lipinski definition) is 2. The fourth-order valence-corrected chi connectivity index (χ4v) is 2.21. The summed E-state index contributed by atoms with van der Waals surface area (Å²) in [6, 6.07) is 7.61. The first-order chi connectivity index (χ1) is 8.97. The lowest BCUT2D eigenvalue weighted by molar-refractivity contribution is 0.102. The topological polar surface area (TPSA) is 48.1 Å². The van der Waals surface area contributed by atoms with Crippen LogP contribution in [0.5, 0.6) is 0 Å². The second kappa shape index (κ2) is 5.48. The van der Waals surface area contributed by atoms with Crippen LogP contribution in [0.25, 0.3) is 0 Å². The van der Waals surface area contributed by atoms with Crippen molar-refractivity contribution in [2.75, 3.05) is 24.3 Å². The van der Waals surface area contributed by atoms with Gasteiger partial charge in [0.05, 0.1) is 0 Å². The number of H-pyrrole nitrogens is 1. The Morgan fingerprint density at radius 3 is 2.63 bits per heavy atom. The lowest BCUT2D eigenvalue weighted by Gasteiger charge is -2.17. The number of nitrogens with one attached hydrogen (secondary N) is 2. The van der Waals surface area contributed by atoms with E-state index < -0.39 is 0 Å². The Morgan fingerprint density at radius 1 is 1.32 bits per heavy atom. The molecule has 4 nitrogen and oxygen atoms in total. The van der Waals surface area contributed by atoms with E-state index >= 15 is 0 Å². The van der Waals surface area contributed by atoms with E-state index in [1.807, 2.05) is 44.1 Å². The number of anilines is 2. The van der Waals surface area contributed by atoms with Gasteiger partial charge in [-0.25, -0.2) is 0 Å². The average molecular weight is 322 g/mol. The molecular weight excluding hydrogens is 306 g/mol. The quantitative estimate of drug-likeness (QED) is 0.910. The van der Waals surface area contributed by atoms with Gasteiger partial charge in [0.15, 0.2) is 0 Å². The van der Waals surface area contributed by atoms with Crippen molar-refractivity contribution in [1.29, 1.82) is 0 Å². The highest BCUT2D eigenvalue weighted by atomic mass is 79.9. The van der Waals surface area contributed by atoms with Gasteiger partial charge >= 0.3 is 0 Å². The highest BCUT2D eigenvalue weighted by Crippen LogP contribution is 2.23. The van der Waals surface area contributed by atoms with Gasteiger partial charge in [-0.3, -0.25) is 4.79 Å². The molecule has 100 valence electrons. The predicted octanol–water partition coefficient (Wildman–Crippen LogP) is 3.40. The zero-order chi connectivity index (χ0) is 14.0. The molecule has 0 aliphatic heterocycles. The van der Waals surface area contributed by atoms with Crippen molar-refractivity contribution in [3.63, 3.8) is 0 Å². The summed E-state index contributed by atoms with van der Waals surface area (Å²) >= 11 is 3.31. The van der Waals surface area contributed by atoms with Gasteiger partial charge in [-0.2, -0.15) is 0 Å². The summed E-state index contributed by atoms with van der Waals surface area (Å²) in [7, 11) is 3.96. The zero-order valence-electron chi connectivity index (χ0n) is 11.1. The fourth-order valence-electron chi connectivity index (χ4n) is 1.87. The van der Waals surface area contributed by atoms with Gasteiger partial charge in [0, 0.05) is 36.1 Å². The van der Waals surface area contributed by atoms with Crippen LogP contribution in [-0.2, 0) is 0 Å². The molecule has 0 saturated carbocycles. The van der Waals surface area contributed by atoms with E-state index in [-0.39, 0.29) is 5.91 Å². The second-order valence-corrected chi connectivity index (χ2v) is 5.50. The van der Waals surface area contributed by atoms with E-state index in [0.717, 1.165) is 15.8 Å². The Bertz CT molecular complexity index is 604. The van der Waals surface area contributed by atoms with Crippen LogP contribution < -0.4 is 10.2 Å². The number of carbonyl (C=O) groups excluding carboxylic acids is 1. The second-order valence-electron chi connectivity index (χ2n) is 4.58. The Kier molecular flexibility index (Phi) is 3.95. The monoisotopic (exact) mass is 321 g/mol. The molecule has 1 amide bonds. The van der Waals surface area contributed by atoms with Gasteiger partial charge in [-0.15, -0.1) is 0 Å². The van der Waals surface area contributed by atoms with Crippen LogP contribution in [-0.4, -0.2) is 25.0 Å². The maximum atomic E-state index is 12.0.